The SMILES string of the molecule is COc1ccc(Nc2nnc(SC[C@@H]3CN(CC(C)C)CCO3)s2)cc1. The molecule has 0 amide bonds. The molecule has 2 heterocycles. The Labute approximate surface area is 163 Å². The number of methoxy groups -OCH3 is 1. The van der Waals surface area contributed by atoms with Crippen LogP contribution in [0.5, 0.6) is 5.75 Å². The third-order valence-corrected chi connectivity index (χ3v) is 6.09. The van der Waals surface area contributed by atoms with E-state index in [9.17, 15) is 0 Å². The van der Waals surface area contributed by atoms with E-state index in [0.29, 0.717) is 5.92 Å². The highest BCUT2D eigenvalue weighted by atomic mass is 32.2. The van der Waals surface area contributed by atoms with E-state index in [1.807, 2.05) is 24.3 Å². The standard InChI is InChI=1S/C18H26N4O2S2/c1-13(2)10-22-8-9-24-16(11-22)12-25-18-21-20-17(26-18)19-14-4-6-15(23-3)7-5-14/h4-7,13,16H,8-12H2,1-3H3,(H,19,20)/t16-/m0/s1. The molecule has 1 aliphatic heterocycles. The lowest BCUT2D eigenvalue weighted by atomic mass is 10.2. The minimum Gasteiger partial charge on any atom is -0.497 e. The highest BCUT2D eigenvalue weighted by molar-refractivity contribution is 8.01. The minimum atomic E-state index is 0.259. The monoisotopic (exact) mass is 394 g/mol. The lowest BCUT2D eigenvalue weighted by molar-refractivity contribution is -0.0191. The van der Waals surface area contributed by atoms with Crippen molar-refractivity contribution in [3.63, 3.8) is 0 Å². The molecule has 0 unspecified atom stereocenters. The van der Waals surface area contributed by atoms with Gasteiger partial charge in [-0.15, -0.1) is 10.2 Å². The van der Waals surface area contributed by atoms with Crippen molar-refractivity contribution < 1.29 is 9.47 Å². The van der Waals surface area contributed by atoms with Crippen LogP contribution in [0, 0.1) is 5.92 Å². The van der Waals surface area contributed by atoms with Gasteiger partial charge in [0.15, 0.2) is 4.34 Å². The van der Waals surface area contributed by atoms with Crippen LogP contribution < -0.4 is 10.1 Å². The number of nitrogens with one attached hydrogen (secondary N) is 1. The van der Waals surface area contributed by atoms with E-state index in [1.165, 1.54) is 0 Å². The zero-order valence-electron chi connectivity index (χ0n) is 15.5. The molecular formula is C18H26N4O2S2. The number of aromatic nitrogens is 2. The first-order valence-electron chi connectivity index (χ1n) is 8.83. The van der Waals surface area contributed by atoms with E-state index in [2.05, 4.69) is 34.3 Å². The van der Waals surface area contributed by atoms with Crippen LogP contribution in [-0.2, 0) is 4.74 Å². The third kappa shape index (κ3) is 5.84. The number of ether oxygens (including phenoxy) is 2. The van der Waals surface area contributed by atoms with Crippen molar-refractivity contribution in [1.29, 1.82) is 0 Å². The van der Waals surface area contributed by atoms with Gasteiger partial charge >= 0.3 is 0 Å². The van der Waals surface area contributed by atoms with Crippen LogP contribution in [0.1, 0.15) is 13.8 Å². The Morgan fingerprint density at radius 2 is 2.15 bits per heavy atom. The van der Waals surface area contributed by atoms with Crippen molar-refractivity contribution in [2.24, 2.45) is 5.92 Å². The molecule has 0 spiro atoms. The van der Waals surface area contributed by atoms with Gasteiger partial charge in [0.1, 0.15) is 5.75 Å². The summed E-state index contributed by atoms with van der Waals surface area (Å²) in [5.41, 5.74) is 0.971. The molecule has 1 aromatic heterocycles. The fraction of sp³-hybridized carbons (Fsp3) is 0.556. The average Bonchev–Trinajstić information content (AvgIpc) is 3.08. The van der Waals surface area contributed by atoms with Gasteiger partial charge in [0, 0.05) is 31.1 Å². The molecule has 2 aromatic rings. The van der Waals surface area contributed by atoms with Gasteiger partial charge in [-0.25, -0.2) is 0 Å². The molecule has 1 saturated heterocycles. The van der Waals surface area contributed by atoms with Crippen LogP contribution >= 0.6 is 23.1 Å². The van der Waals surface area contributed by atoms with Crippen molar-refractivity contribution in [3.05, 3.63) is 24.3 Å². The largest absolute Gasteiger partial charge is 0.497 e. The predicted octanol–water partition coefficient (Wildman–Crippen LogP) is 3.74. The maximum atomic E-state index is 5.90. The summed E-state index contributed by atoms with van der Waals surface area (Å²) in [5, 5.41) is 12.6. The molecule has 142 valence electrons. The first-order valence-corrected chi connectivity index (χ1v) is 10.6. The minimum absolute atomic E-state index is 0.259. The Morgan fingerprint density at radius 3 is 2.88 bits per heavy atom. The molecule has 0 radical (unpaired) electrons. The van der Waals surface area contributed by atoms with E-state index >= 15 is 0 Å². The highest BCUT2D eigenvalue weighted by Gasteiger charge is 2.21. The van der Waals surface area contributed by atoms with Gasteiger partial charge in [0.05, 0.1) is 19.8 Å². The van der Waals surface area contributed by atoms with Gasteiger partial charge in [-0.3, -0.25) is 4.90 Å². The number of hydrogen-bond donors (Lipinski definition) is 1. The fourth-order valence-electron chi connectivity index (χ4n) is 2.84. The first-order chi connectivity index (χ1) is 12.6. The predicted molar refractivity (Wildman–Crippen MR) is 108 cm³/mol. The molecule has 1 aromatic carbocycles. The van der Waals surface area contributed by atoms with Crippen molar-refractivity contribution >= 4 is 33.9 Å². The summed E-state index contributed by atoms with van der Waals surface area (Å²) < 4.78 is 12.0. The van der Waals surface area contributed by atoms with Gasteiger partial charge in [-0.2, -0.15) is 0 Å². The van der Waals surface area contributed by atoms with Gasteiger partial charge in [0.2, 0.25) is 5.13 Å². The Kier molecular flexibility index (Phi) is 7.13. The summed E-state index contributed by atoms with van der Waals surface area (Å²) in [4.78, 5) is 2.50. The van der Waals surface area contributed by atoms with E-state index in [0.717, 1.165) is 52.9 Å². The van der Waals surface area contributed by atoms with E-state index in [-0.39, 0.29) is 6.10 Å². The van der Waals surface area contributed by atoms with Crippen LogP contribution in [-0.4, -0.2) is 60.3 Å². The van der Waals surface area contributed by atoms with Crippen LogP contribution in [0.25, 0.3) is 0 Å². The quantitative estimate of drug-likeness (QED) is 0.684. The lowest BCUT2D eigenvalue weighted by Crippen LogP contribution is -2.44. The number of thioether (sulfide) groups is 1. The molecule has 1 atom stereocenters. The number of rotatable bonds is 8. The van der Waals surface area contributed by atoms with Crippen molar-refractivity contribution in [3.8, 4) is 5.75 Å². The lowest BCUT2D eigenvalue weighted by Gasteiger charge is -2.33. The molecule has 1 aliphatic rings. The van der Waals surface area contributed by atoms with E-state index in [4.69, 9.17) is 9.47 Å². The second-order valence-corrected chi connectivity index (χ2v) is 8.93. The van der Waals surface area contributed by atoms with Crippen molar-refractivity contribution in [2.75, 3.05) is 44.4 Å². The van der Waals surface area contributed by atoms with Gasteiger partial charge in [0.25, 0.3) is 0 Å². The average molecular weight is 395 g/mol. The molecule has 0 bridgehead atoms. The summed E-state index contributed by atoms with van der Waals surface area (Å²) in [5.74, 6) is 2.44. The normalized spacial score (nSPS) is 18.2. The number of hydrogen-bond acceptors (Lipinski definition) is 8. The summed E-state index contributed by atoms with van der Waals surface area (Å²) in [6, 6.07) is 7.77. The maximum absolute atomic E-state index is 5.90. The molecule has 8 heteroatoms. The molecule has 0 saturated carbocycles. The van der Waals surface area contributed by atoms with Crippen LogP contribution in [0.3, 0.4) is 0 Å². The number of benzene rings is 1. The number of nitrogens with zero attached hydrogens (tertiary/aromatic N) is 3. The molecule has 3 rings (SSSR count). The Hall–Kier alpha value is -1.35. The third-order valence-electron chi connectivity index (χ3n) is 3.99. The number of anilines is 2. The van der Waals surface area contributed by atoms with Crippen molar-refractivity contribution in [2.45, 2.75) is 24.3 Å². The second-order valence-electron chi connectivity index (χ2n) is 6.68. The van der Waals surface area contributed by atoms with Crippen LogP contribution in [0.4, 0.5) is 10.8 Å². The highest BCUT2D eigenvalue weighted by Crippen LogP contribution is 2.29. The molecule has 26 heavy (non-hydrogen) atoms. The Morgan fingerprint density at radius 1 is 1.35 bits per heavy atom. The smallest absolute Gasteiger partial charge is 0.210 e. The fourth-order valence-corrected chi connectivity index (χ4v) is 4.65. The Balaban J connectivity index is 1.47. The summed E-state index contributed by atoms with van der Waals surface area (Å²) in [6.45, 7) is 8.52. The second kappa shape index (κ2) is 9.55. The van der Waals surface area contributed by atoms with Crippen molar-refractivity contribution in [1.82, 2.24) is 15.1 Å². The maximum Gasteiger partial charge on any atom is 0.210 e. The van der Waals surface area contributed by atoms with Gasteiger partial charge in [-0.1, -0.05) is 36.9 Å². The van der Waals surface area contributed by atoms with Gasteiger partial charge < -0.3 is 14.8 Å². The molecule has 1 N–H and O–H groups in total. The summed E-state index contributed by atoms with van der Waals surface area (Å²) >= 11 is 3.29. The molecule has 0 aliphatic carbocycles. The summed E-state index contributed by atoms with van der Waals surface area (Å²) in [7, 11) is 1.66. The zero-order chi connectivity index (χ0) is 18.4. The topological polar surface area (TPSA) is 59.5 Å². The van der Waals surface area contributed by atoms with E-state index < -0.39 is 0 Å². The van der Waals surface area contributed by atoms with Gasteiger partial charge in [-0.05, 0) is 30.2 Å². The van der Waals surface area contributed by atoms with E-state index in [1.54, 1.807) is 30.2 Å². The molecule has 1 fully saturated rings. The summed E-state index contributed by atoms with van der Waals surface area (Å²) in [6.07, 6.45) is 0.259. The molecule has 6 nitrogen and oxygen atoms in total. The Bertz CT molecular complexity index is 678. The first kappa shape index (κ1) is 19.4. The number of morpholine rings is 1. The van der Waals surface area contributed by atoms with Crippen LogP contribution in [0.2, 0.25) is 0 Å². The van der Waals surface area contributed by atoms with Crippen LogP contribution in [0.15, 0.2) is 28.6 Å². The zero-order valence-corrected chi connectivity index (χ0v) is 17.1. The molecular weight excluding hydrogens is 368 g/mol.